The van der Waals surface area contributed by atoms with Crippen LogP contribution >= 0.6 is 0 Å². The van der Waals surface area contributed by atoms with Crippen LogP contribution in [0.3, 0.4) is 0 Å². The van der Waals surface area contributed by atoms with E-state index in [1.54, 1.807) is 0 Å². The van der Waals surface area contributed by atoms with Crippen molar-refractivity contribution < 1.29 is 28.4 Å². The number of hydrogen-bond acceptors (Lipinski definition) is 6. The Morgan fingerprint density at radius 1 is 0.955 bits per heavy atom. The fourth-order valence-corrected chi connectivity index (χ4v) is 4.23. The largest absolute Gasteiger partial charge is 0.368 e. The topological polar surface area (TPSA) is 62.0 Å². The van der Waals surface area contributed by atoms with Gasteiger partial charge in [0.25, 0.3) is 6.48 Å². The first-order valence-corrected chi connectivity index (χ1v) is 7.72. The van der Waals surface area contributed by atoms with E-state index in [0.717, 1.165) is 5.56 Å². The van der Waals surface area contributed by atoms with Crippen LogP contribution in [-0.2, 0) is 35.0 Å². The highest BCUT2D eigenvalue weighted by Crippen LogP contribution is 2.62. The van der Waals surface area contributed by atoms with Crippen LogP contribution in [0.4, 0.5) is 0 Å². The average molecular weight is 304 g/mol. The predicted molar refractivity (Wildman–Crippen MR) is 70.8 cm³/mol. The van der Waals surface area contributed by atoms with Crippen LogP contribution in [-0.4, -0.2) is 55.3 Å². The van der Waals surface area contributed by atoms with E-state index in [9.17, 15) is 0 Å². The lowest BCUT2D eigenvalue weighted by molar-refractivity contribution is -0.477. The molecule has 5 aliphatic heterocycles. The van der Waals surface area contributed by atoms with Crippen LogP contribution in [0.15, 0.2) is 30.3 Å². The standard InChI is InChI=1S/C16H16O6/c1-2-4-9(5-3-1)6-17-10-11-15(7-18-15)13-16(8-19-16)12(10)21-14(20-11)22-13/h1-5,10-14H,6-8H2/t10?,11-,12-,13?,14?,15-,16+/m1/s1. The van der Waals surface area contributed by atoms with Crippen molar-refractivity contribution in [2.24, 2.45) is 0 Å². The second-order valence-corrected chi connectivity index (χ2v) is 6.67. The molecule has 1 saturated carbocycles. The lowest BCUT2D eigenvalue weighted by Gasteiger charge is -2.58. The molecule has 6 heteroatoms. The second-order valence-electron chi connectivity index (χ2n) is 6.67. The van der Waals surface area contributed by atoms with E-state index in [0.29, 0.717) is 19.8 Å². The van der Waals surface area contributed by atoms with Crippen LogP contribution in [0.2, 0.25) is 0 Å². The summed E-state index contributed by atoms with van der Waals surface area (Å²) in [5.41, 5.74) is 0.313. The molecule has 116 valence electrons. The van der Waals surface area contributed by atoms with Gasteiger partial charge >= 0.3 is 0 Å². The monoisotopic (exact) mass is 304 g/mol. The quantitative estimate of drug-likeness (QED) is 0.762. The van der Waals surface area contributed by atoms with Crippen LogP contribution in [0, 0.1) is 0 Å². The summed E-state index contributed by atoms with van der Waals surface area (Å²) in [4.78, 5) is 0. The maximum absolute atomic E-state index is 6.19. The molecule has 22 heavy (non-hydrogen) atoms. The van der Waals surface area contributed by atoms with Gasteiger partial charge in [0.1, 0.15) is 35.6 Å². The average Bonchev–Trinajstić information content (AvgIpc) is 3.46. The molecule has 1 aromatic rings. The Labute approximate surface area is 127 Å². The Morgan fingerprint density at radius 3 is 2.18 bits per heavy atom. The Balaban J connectivity index is 1.32. The number of ether oxygens (including phenoxy) is 6. The zero-order chi connectivity index (χ0) is 14.4. The van der Waals surface area contributed by atoms with E-state index in [4.69, 9.17) is 28.4 Å². The Kier molecular flexibility index (Phi) is 2.20. The van der Waals surface area contributed by atoms with Gasteiger partial charge in [0.05, 0.1) is 19.8 Å². The predicted octanol–water partition coefficient (Wildman–Crippen LogP) is 0.590. The molecule has 2 spiro atoms. The van der Waals surface area contributed by atoms with E-state index >= 15 is 0 Å². The third-order valence-electron chi connectivity index (χ3n) is 5.45. The van der Waals surface area contributed by atoms with Crippen molar-refractivity contribution in [1.82, 2.24) is 0 Å². The van der Waals surface area contributed by atoms with Gasteiger partial charge in [-0.15, -0.1) is 0 Å². The summed E-state index contributed by atoms with van der Waals surface area (Å²) in [6.07, 6.45) is -0.581. The number of epoxide rings is 2. The van der Waals surface area contributed by atoms with Gasteiger partial charge < -0.3 is 28.4 Å². The van der Waals surface area contributed by atoms with Crippen molar-refractivity contribution in [2.45, 2.75) is 48.7 Å². The van der Waals surface area contributed by atoms with Crippen molar-refractivity contribution in [2.75, 3.05) is 13.2 Å². The van der Waals surface area contributed by atoms with Crippen LogP contribution in [0.25, 0.3) is 0 Å². The summed E-state index contributed by atoms with van der Waals surface area (Å²) in [6, 6.07) is 10.1. The third-order valence-corrected chi connectivity index (χ3v) is 5.45. The molecule has 1 aliphatic carbocycles. The van der Waals surface area contributed by atoms with Crippen molar-refractivity contribution in [3.63, 3.8) is 0 Å². The molecule has 6 aliphatic rings. The first-order valence-electron chi connectivity index (χ1n) is 7.72. The first-order chi connectivity index (χ1) is 10.8. The normalized spacial score (nSPS) is 53.4. The molecule has 1 aromatic carbocycles. The van der Waals surface area contributed by atoms with Gasteiger partial charge in [0, 0.05) is 0 Å². The molecular weight excluding hydrogens is 288 g/mol. The molecule has 6 nitrogen and oxygen atoms in total. The molecule has 0 amide bonds. The van der Waals surface area contributed by atoms with Gasteiger partial charge in [-0.1, -0.05) is 30.3 Å². The molecule has 0 aromatic heterocycles. The Bertz CT molecular complexity index is 580. The zero-order valence-electron chi connectivity index (χ0n) is 11.8. The van der Waals surface area contributed by atoms with E-state index in [1.165, 1.54) is 0 Å². The maximum atomic E-state index is 6.19. The Hall–Kier alpha value is -1.02. The molecule has 7 atom stereocenters. The van der Waals surface area contributed by atoms with Crippen LogP contribution in [0.5, 0.6) is 0 Å². The third kappa shape index (κ3) is 1.41. The Morgan fingerprint density at radius 2 is 1.59 bits per heavy atom. The van der Waals surface area contributed by atoms with Gasteiger partial charge in [0.2, 0.25) is 0 Å². The van der Waals surface area contributed by atoms with Crippen molar-refractivity contribution >= 4 is 0 Å². The molecule has 0 N–H and O–H groups in total. The molecule has 5 saturated heterocycles. The smallest absolute Gasteiger partial charge is 0.273 e. The molecule has 0 radical (unpaired) electrons. The molecule has 4 bridgehead atoms. The minimum absolute atomic E-state index is 0.0981. The van der Waals surface area contributed by atoms with Crippen LogP contribution in [0.1, 0.15) is 5.56 Å². The zero-order valence-corrected chi connectivity index (χ0v) is 11.8. The van der Waals surface area contributed by atoms with Gasteiger partial charge in [0.15, 0.2) is 0 Å². The molecule has 3 unspecified atom stereocenters. The highest BCUT2D eigenvalue weighted by molar-refractivity contribution is 5.29. The number of hydrogen-bond donors (Lipinski definition) is 0. The lowest BCUT2D eigenvalue weighted by atomic mass is 9.71. The van der Waals surface area contributed by atoms with Gasteiger partial charge in [-0.25, -0.2) is 0 Å². The van der Waals surface area contributed by atoms with E-state index in [-0.39, 0.29) is 24.4 Å². The van der Waals surface area contributed by atoms with E-state index in [1.807, 2.05) is 30.3 Å². The fraction of sp³-hybridized carbons (Fsp3) is 0.625. The number of benzene rings is 1. The highest BCUT2D eigenvalue weighted by atomic mass is 16.9. The molecule has 6 fully saturated rings. The summed E-state index contributed by atoms with van der Waals surface area (Å²) in [5.74, 6) is 0. The minimum Gasteiger partial charge on any atom is -0.368 e. The van der Waals surface area contributed by atoms with E-state index in [2.05, 4.69) is 0 Å². The molecular formula is C16H16O6. The van der Waals surface area contributed by atoms with Gasteiger partial charge in [-0.3, -0.25) is 0 Å². The molecule has 7 rings (SSSR count). The summed E-state index contributed by atoms with van der Waals surface area (Å²) in [5, 5.41) is 0. The SMILES string of the molecule is c1ccc(COC2[C@H]3OC4OC([C@@]35CO5)[C@]3(CO3)[C@@H]2O4)cc1. The molecule has 5 heterocycles. The van der Waals surface area contributed by atoms with E-state index < -0.39 is 17.7 Å². The van der Waals surface area contributed by atoms with Crippen LogP contribution < -0.4 is 0 Å². The van der Waals surface area contributed by atoms with Gasteiger partial charge in [-0.2, -0.15) is 0 Å². The maximum Gasteiger partial charge on any atom is 0.273 e. The van der Waals surface area contributed by atoms with Crippen molar-refractivity contribution in [3.8, 4) is 0 Å². The lowest BCUT2D eigenvalue weighted by Crippen LogP contribution is -2.78. The number of rotatable bonds is 3. The fourth-order valence-electron chi connectivity index (χ4n) is 4.23. The van der Waals surface area contributed by atoms with Crippen molar-refractivity contribution in [3.05, 3.63) is 35.9 Å². The summed E-state index contributed by atoms with van der Waals surface area (Å²) in [7, 11) is 0. The first kappa shape index (κ1) is 12.4. The summed E-state index contributed by atoms with van der Waals surface area (Å²) in [6.45, 7) is 1.19. The second kappa shape index (κ2) is 3.90. The highest BCUT2D eigenvalue weighted by Gasteiger charge is 2.84. The summed E-state index contributed by atoms with van der Waals surface area (Å²) >= 11 is 0. The minimum atomic E-state index is -0.610. The summed E-state index contributed by atoms with van der Waals surface area (Å²) < 4.78 is 35.3. The van der Waals surface area contributed by atoms with Gasteiger partial charge in [-0.05, 0) is 5.56 Å². The van der Waals surface area contributed by atoms with Crippen molar-refractivity contribution in [1.29, 1.82) is 0 Å².